The van der Waals surface area contributed by atoms with Crippen LogP contribution in [0.15, 0.2) is 123 Å². The highest BCUT2D eigenvalue weighted by molar-refractivity contribution is 9.10. The van der Waals surface area contributed by atoms with Gasteiger partial charge in [-0.05, 0) is 85.6 Å². The van der Waals surface area contributed by atoms with Crippen molar-refractivity contribution >= 4 is 56.5 Å². The van der Waals surface area contributed by atoms with Gasteiger partial charge in [-0.3, -0.25) is 14.2 Å². The Hall–Kier alpha value is -4.44. The fraction of sp³-hybridized carbons (Fsp3) is 0.139. The molecule has 1 N–H and O–H groups in total. The van der Waals surface area contributed by atoms with Crippen molar-refractivity contribution in [2.45, 2.75) is 26.5 Å². The van der Waals surface area contributed by atoms with E-state index in [4.69, 9.17) is 26.1 Å². The lowest BCUT2D eigenvalue weighted by Gasteiger charge is -2.25. The molecule has 232 valence electrons. The smallest absolute Gasteiger partial charge is 0.271 e. The molecule has 6 rings (SSSR count). The minimum absolute atomic E-state index is 0.279. The molecule has 0 saturated heterocycles. The van der Waals surface area contributed by atoms with E-state index in [1.807, 2.05) is 85.8 Å². The molecule has 7 nitrogen and oxygen atoms in total. The number of allylic oxidation sites excluding steroid dienone is 1. The first-order valence-corrected chi connectivity index (χ1v) is 16.6. The zero-order valence-corrected chi connectivity index (χ0v) is 28.2. The number of ether oxygens (including phenoxy) is 2. The topological polar surface area (TPSA) is 81.9 Å². The van der Waals surface area contributed by atoms with Crippen LogP contribution in [0.4, 0.5) is 5.69 Å². The summed E-state index contributed by atoms with van der Waals surface area (Å²) >= 11 is 11.1. The average Bonchev–Trinajstić information content (AvgIpc) is 3.35. The molecule has 1 atom stereocenters. The van der Waals surface area contributed by atoms with Crippen molar-refractivity contribution in [3.8, 4) is 11.5 Å². The van der Waals surface area contributed by atoms with Crippen LogP contribution in [0, 0.1) is 0 Å². The number of amides is 1. The number of halogens is 2. The fourth-order valence-electron chi connectivity index (χ4n) is 5.21. The van der Waals surface area contributed by atoms with Crippen LogP contribution in [-0.2, 0) is 11.4 Å². The molecule has 0 bridgehead atoms. The summed E-state index contributed by atoms with van der Waals surface area (Å²) in [5, 5.41) is 3.49. The van der Waals surface area contributed by atoms with E-state index in [0.29, 0.717) is 61.6 Å². The van der Waals surface area contributed by atoms with Crippen molar-refractivity contribution in [1.82, 2.24) is 4.57 Å². The normalized spacial score (nSPS) is 14.4. The number of hydrogen-bond donors (Lipinski definition) is 1. The maximum Gasteiger partial charge on any atom is 0.271 e. The van der Waals surface area contributed by atoms with Crippen LogP contribution in [0.3, 0.4) is 0 Å². The molecule has 0 aliphatic carbocycles. The molecule has 0 spiro atoms. The molecule has 1 amide bonds. The SMILES string of the molecule is CCOc1ccc([C@@H]2C(C(=O)Nc3ccccc3)=C(C)N=c3s/c(=C\c4cc(Cl)ccc4OCc4ccc(Br)cc4)c(=O)n32)cc1. The number of para-hydroxylation sites is 1. The van der Waals surface area contributed by atoms with Crippen LogP contribution < -0.4 is 29.7 Å². The number of hydrogen-bond acceptors (Lipinski definition) is 6. The number of nitrogens with one attached hydrogen (secondary N) is 1. The molecule has 1 aliphatic heterocycles. The molecule has 0 fully saturated rings. The van der Waals surface area contributed by atoms with Crippen molar-refractivity contribution in [3.05, 3.63) is 154 Å². The number of carbonyl (C=O) groups excluding carboxylic acids is 1. The third kappa shape index (κ3) is 6.87. The van der Waals surface area contributed by atoms with Gasteiger partial charge in [0.15, 0.2) is 4.80 Å². The Kier molecular flexibility index (Phi) is 9.53. The zero-order valence-electron chi connectivity index (χ0n) is 25.0. The Morgan fingerprint density at radius 1 is 1.02 bits per heavy atom. The van der Waals surface area contributed by atoms with Gasteiger partial charge >= 0.3 is 0 Å². The standard InChI is InChI=1S/C36H29BrClN3O4S/c1-3-44-29-16-11-24(12-17-29)33-32(34(42)40-28-7-5-4-6-8-28)22(2)39-36-41(33)35(43)31(46-36)20-25-19-27(38)15-18-30(25)45-21-23-9-13-26(37)14-10-23/h4-20,33H,3,21H2,1-2H3,(H,40,42)/b31-20-/t33-/m1/s1. The van der Waals surface area contributed by atoms with Crippen LogP contribution >= 0.6 is 38.9 Å². The Morgan fingerprint density at radius 3 is 2.48 bits per heavy atom. The van der Waals surface area contributed by atoms with E-state index in [9.17, 15) is 9.59 Å². The monoisotopic (exact) mass is 713 g/mol. The van der Waals surface area contributed by atoms with E-state index >= 15 is 0 Å². The average molecular weight is 715 g/mol. The van der Waals surface area contributed by atoms with Crippen molar-refractivity contribution in [1.29, 1.82) is 0 Å². The second-order valence-corrected chi connectivity index (χ2v) is 12.9. The molecular weight excluding hydrogens is 686 g/mol. The predicted molar refractivity (Wildman–Crippen MR) is 186 cm³/mol. The first-order valence-electron chi connectivity index (χ1n) is 14.6. The van der Waals surface area contributed by atoms with Crippen molar-refractivity contribution in [2.24, 2.45) is 4.99 Å². The molecule has 2 heterocycles. The number of fused-ring (bicyclic) bond motifs is 1. The van der Waals surface area contributed by atoms with Crippen LogP contribution in [-0.4, -0.2) is 17.1 Å². The maximum absolute atomic E-state index is 14.2. The van der Waals surface area contributed by atoms with Gasteiger partial charge in [0.25, 0.3) is 11.5 Å². The van der Waals surface area contributed by atoms with Gasteiger partial charge in [0.1, 0.15) is 18.1 Å². The number of nitrogens with zero attached hydrogens (tertiary/aromatic N) is 2. The minimum atomic E-state index is -0.717. The number of carbonyl (C=O) groups is 1. The van der Waals surface area contributed by atoms with Crippen LogP contribution in [0.5, 0.6) is 11.5 Å². The predicted octanol–water partition coefficient (Wildman–Crippen LogP) is 7.27. The largest absolute Gasteiger partial charge is 0.494 e. The Morgan fingerprint density at radius 2 is 1.76 bits per heavy atom. The van der Waals surface area contributed by atoms with E-state index in [2.05, 4.69) is 21.2 Å². The van der Waals surface area contributed by atoms with E-state index in [1.165, 1.54) is 11.3 Å². The molecule has 0 radical (unpaired) electrons. The van der Waals surface area contributed by atoms with E-state index in [1.54, 1.807) is 35.8 Å². The lowest BCUT2D eigenvalue weighted by molar-refractivity contribution is -0.113. The fourth-order valence-corrected chi connectivity index (χ4v) is 6.69. The minimum Gasteiger partial charge on any atom is -0.494 e. The number of anilines is 1. The van der Waals surface area contributed by atoms with Crippen molar-refractivity contribution in [3.63, 3.8) is 0 Å². The van der Waals surface area contributed by atoms with Crippen molar-refractivity contribution in [2.75, 3.05) is 11.9 Å². The summed E-state index contributed by atoms with van der Waals surface area (Å²) in [6.45, 7) is 4.58. The molecule has 1 aromatic heterocycles. The van der Waals surface area contributed by atoms with E-state index in [-0.39, 0.29) is 11.5 Å². The second kappa shape index (κ2) is 13.9. The number of rotatable bonds is 9. The highest BCUT2D eigenvalue weighted by Gasteiger charge is 2.32. The summed E-state index contributed by atoms with van der Waals surface area (Å²) in [5.74, 6) is 0.950. The van der Waals surface area contributed by atoms with Gasteiger partial charge in [-0.15, -0.1) is 0 Å². The summed E-state index contributed by atoms with van der Waals surface area (Å²) < 4.78 is 14.8. The molecule has 1 aliphatic rings. The molecule has 4 aromatic carbocycles. The lowest BCUT2D eigenvalue weighted by Crippen LogP contribution is -2.40. The maximum atomic E-state index is 14.2. The van der Waals surface area contributed by atoms with Gasteiger partial charge in [-0.2, -0.15) is 0 Å². The Labute approximate surface area is 283 Å². The van der Waals surface area contributed by atoms with Gasteiger partial charge in [0.2, 0.25) is 0 Å². The van der Waals surface area contributed by atoms with E-state index < -0.39 is 6.04 Å². The number of benzene rings is 4. The highest BCUT2D eigenvalue weighted by atomic mass is 79.9. The third-order valence-corrected chi connectivity index (χ3v) is 9.12. The van der Waals surface area contributed by atoms with Gasteiger partial charge in [-0.1, -0.05) is 81.3 Å². The third-order valence-electron chi connectivity index (χ3n) is 7.37. The summed E-state index contributed by atoms with van der Waals surface area (Å²) in [7, 11) is 0. The summed E-state index contributed by atoms with van der Waals surface area (Å²) in [6.07, 6.45) is 1.77. The molecule has 46 heavy (non-hydrogen) atoms. The first kappa shape index (κ1) is 31.5. The van der Waals surface area contributed by atoms with Crippen molar-refractivity contribution < 1.29 is 14.3 Å². The second-order valence-electron chi connectivity index (χ2n) is 10.5. The van der Waals surface area contributed by atoms with Gasteiger partial charge < -0.3 is 14.8 Å². The lowest BCUT2D eigenvalue weighted by atomic mass is 9.95. The quantitative estimate of drug-likeness (QED) is 0.174. The summed E-state index contributed by atoms with van der Waals surface area (Å²) in [4.78, 5) is 33.3. The summed E-state index contributed by atoms with van der Waals surface area (Å²) in [6, 6.07) is 29.1. The number of aromatic nitrogens is 1. The molecular formula is C36H29BrClN3O4S. The van der Waals surface area contributed by atoms with Gasteiger partial charge in [0, 0.05) is 20.7 Å². The van der Waals surface area contributed by atoms with Crippen LogP contribution in [0.25, 0.3) is 6.08 Å². The van der Waals surface area contributed by atoms with Gasteiger partial charge in [-0.25, -0.2) is 4.99 Å². The zero-order chi connectivity index (χ0) is 32.2. The van der Waals surface area contributed by atoms with Gasteiger partial charge in [0.05, 0.1) is 28.5 Å². The first-order chi connectivity index (χ1) is 22.3. The molecule has 10 heteroatoms. The molecule has 5 aromatic rings. The van der Waals surface area contributed by atoms with Crippen LogP contribution in [0.1, 0.15) is 36.6 Å². The number of thiazole rings is 1. The van der Waals surface area contributed by atoms with Crippen LogP contribution in [0.2, 0.25) is 5.02 Å². The molecule has 0 saturated carbocycles. The Bertz CT molecular complexity index is 2110. The highest BCUT2D eigenvalue weighted by Crippen LogP contribution is 2.32. The van der Waals surface area contributed by atoms with E-state index in [0.717, 1.165) is 15.6 Å². The Balaban J connectivity index is 1.43. The summed E-state index contributed by atoms with van der Waals surface area (Å²) in [5.41, 5.74) is 3.69. The molecule has 0 unspecified atom stereocenters.